The third-order valence-electron chi connectivity index (χ3n) is 3.94. The first-order chi connectivity index (χ1) is 7.80. The van der Waals surface area contributed by atoms with Crippen LogP contribution in [0.5, 0.6) is 0 Å². The molecule has 0 bridgehead atoms. The van der Waals surface area contributed by atoms with Crippen LogP contribution < -0.4 is 5.32 Å². The lowest BCUT2D eigenvalue weighted by atomic mass is 9.92. The van der Waals surface area contributed by atoms with Crippen molar-refractivity contribution in [3.8, 4) is 0 Å². The standard InChI is InChI=1S/C13H21NO3/c1-8(2)13(5-6-13)7-14-11(15)9(3)10(4)12(16)17/h8H,5-7H2,1-4H3,(H,14,15)(H,16,17). The van der Waals surface area contributed by atoms with Crippen molar-refractivity contribution in [2.24, 2.45) is 11.3 Å². The minimum atomic E-state index is -1.04. The van der Waals surface area contributed by atoms with Crippen molar-refractivity contribution in [3.05, 3.63) is 11.1 Å². The predicted octanol–water partition coefficient (Wildman–Crippen LogP) is 1.96. The van der Waals surface area contributed by atoms with Gasteiger partial charge in [-0.1, -0.05) is 13.8 Å². The molecule has 0 spiro atoms. The molecule has 1 fully saturated rings. The van der Waals surface area contributed by atoms with Crippen LogP contribution in [0.1, 0.15) is 40.5 Å². The molecule has 1 saturated carbocycles. The number of carboxylic acid groups (broad SMARTS) is 1. The quantitative estimate of drug-likeness (QED) is 0.721. The van der Waals surface area contributed by atoms with Crippen molar-refractivity contribution in [2.45, 2.75) is 40.5 Å². The summed E-state index contributed by atoms with van der Waals surface area (Å²) in [6.45, 7) is 7.96. The molecule has 17 heavy (non-hydrogen) atoms. The molecule has 0 atom stereocenters. The summed E-state index contributed by atoms with van der Waals surface area (Å²) in [5.74, 6) is -0.757. The number of hydrogen-bond donors (Lipinski definition) is 2. The minimum absolute atomic E-state index is 0.108. The highest BCUT2D eigenvalue weighted by Gasteiger charge is 2.45. The summed E-state index contributed by atoms with van der Waals surface area (Å²) in [5.41, 5.74) is 0.640. The van der Waals surface area contributed by atoms with Gasteiger partial charge in [0.25, 0.3) is 0 Å². The zero-order chi connectivity index (χ0) is 13.2. The maximum absolute atomic E-state index is 11.8. The van der Waals surface area contributed by atoms with Gasteiger partial charge in [-0.3, -0.25) is 4.79 Å². The maximum atomic E-state index is 11.8. The van der Waals surface area contributed by atoms with Gasteiger partial charge in [-0.15, -0.1) is 0 Å². The van der Waals surface area contributed by atoms with Gasteiger partial charge in [0.2, 0.25) is 5.91 Å². The Hall–Kier alpha value is -1.32. The van der Waals surface area contributed by atoms with Crippen LogP contribution in [0, 0.1) is 11.3 Å². The van der Waals surface area contributed by atoms with Gasteiger partial charge in [-0.05, 0) is 38.0 Å². The molecule has 0 radical (unpaired) electrons. The molecule has 0 saturated heterocycles. The van der Waals surface area contributed by atoms with Crippen LogP contribution in [0.4, 0.5) is 0 Å². The van der Waals surface area contributed by atoms with Crippen LogP contribution in [0.25, 0.3) is 0 Å². The Balaban J connectivity index is 2.57. The summed E-state index contributed by atoms with van der Waals surface area (Å²) < 4.78 is 0. The zero-order valence-corrected chi connectivity index (χ0v) is 11.0. The molecule has 96 valence electrons. The van der Waals surface area contributed by atoms with Crippen molar-refractivity contribution < 1.29 is 14.7 Å². The summed E-state index contributed by atoms with van der Waals surface area (Å²) in [7, 11) is 0. The fourth-order valence-electron chi connectivity index (χ4n) is 1.84. The molecule has 0 heterocycles. The van der Waals surface area contributed by atoms with E-state index >= 15 is 0 Å². The summed E-state index contributed by atoms with van der Waals surface area (Å²) >= 11 is 0. The van der Waals surface area contributed by atoms with E-state index in [4.69, 9.17) is 5.11 Å². The normalized spacial score (nSPS) is 18.6. The number of carbonyl (C=O) groups excluding carboxylic acids is 1. The largest absolute Gasteiger partial charge is 0.478 e. The number of rotatable bonds is 5. The molecule has 1 amide bonds. The minimum Gasteiger partial charge on any atom is -0.478 e. The van der Waals surface area contributed by atoms with Crippen molar-refractivity contribution in [1.29, 1.82) is 0 Å². The van der Waals surface area contributed by atoms with Crippen molar-refractivity contribution in [2.75, 3.05) is 6.54 Å². The molecule has 0 aromatic carbocycles. The van der Waals surface area contributed by atoms with E-state index in [-0.39, 0.29) is 22.5 Å². The van der Waals surface area contributed by atoms with Crippen LogP contribution in [0.15, 0.2) is 11.1 Å². The second-order valence-corrected chi connectivity index (χ2v) is 5.25. The Morgan fingerprint density at radius 2 is 1.76 bits per heavy atom. The second-order valence-electron chi connectivity index (χ2n) is 5.25. The molecular formula is C13H21NO3. The van der Waals surface area contributed by atoms with Crippen LogP contribution in [-0.4, -0.2) is 23.5 Å². The monoisotopic (exact) mass is 239 g/mol. The Bertz CT molecular complexity index is 365. The number of nitrogens with one attached hydrogen (secondary N) is 1. The first-order valence-corrected chi connectivity index (χ1v) is 5.99. The molecule has 0 unspecified atom stereocenters. The number of carboxylic acids is 1. The Morgan fingerprint density at radius 1 is 1.24 bits per heavy atom. The molecule has 0 aliphatic heterocycles. The van der Waals surface area contributed by atoms with Crippen molar-refractivity contribution in [3.63, 3.8) is 0 Å². The molecule has 1 aliphatic rings. The van der Waals surface area contributed by atoms with Gasteiger partial charge in [0.15, 0.2) is 0 Å². The molecule has 4 nitrogen and oxygen atoms in total. The highest BCUT2D eigenvalue weighted by Crippen LogP contribution is 2.51. The summed E-state index contributed by atoms with van der Waals surface area (Å²) in [6.07, 6.45) is 2.29. The predicted molar refractivity (Wildman–Crippen MR) is 65.5 cm³/mol. The summed E-state index contributed by atoms with van der Waals surface area (Å²) in [5, 5.41) is 11.6. The second kappa shape index (κ2) is 4.90. The van der Waals surface area contributed by atoms with E-state index in [1.807, 2.05) is 0 Å². The number of hydrogen-bond acceptors (Lipinski definition) is 2. The third-order valence-corrected chi connectivity index (χ3v) is 3.94. The Morgan fingerprint density at radius 3 is 2.12 bits per heavy atom. The van der Waals surface area contributed by atoms with E-state index < -0.39 is 5.97 Å². The van der Waals surface area contributed by atoms with Gasteiger partial charge < -0.3 is 10.4 Å². The third kappa shape index (κ3) is 3.08. The van der Waals surface area contributed by atoms with Gasteiger partial charge in [-0.2, -0.15) is 0 Å². The van der Waals surface area contributed by atoms with E-state index in [0.29, 0.717) is 12.5 Å². The number of carbonyl (C=O) groups is 2. The smallest absolute Gasteiger partial charge is 0.331 e. The Kier molecular flexibility index (Phi) is 3.96. The molecule has 2 N–H and O–H groups in total. The molecule has 1 aliphatic carbocycles. The lowest BCUT2D eigenvalue weighted by molar-refractivity contribution is -0.133. The fraction of sp³-hybridized carbons (Fsp3) is 0.692. The van der Waals surface area contributed by atoms with Crippen LogP contribution in [0.3, 0.4) is 0 Å². The molecule has 0 aromatic heterocycles. The fourth-order valence-corrected chi connectivity index (χ4v) is 1.84. The highest BCUT2D eigenvalue weighted by atomic mass is 16.4. The van der Waals surface area contributed by atoms with E-state index in [9.17, 15) is 9.59 Å². The first-order valence-electron chi connectivity index (χ1n) is 5.99. The molecule has 0 aromatic rings. The maximum Gasteiger partial charge on any atom is 0.331 e. The van der Waals surface area contributed by atoms with E-state index in [1.54, 1.807) is 6.92 Å². The van der Waals surface area contributed by atoms with Crippen LogP contribution >= 0.6 is 0 Å². The lowest BCUT2D eigenvalue weighted by Crippen LogP contribution is -2.33. The van der Waals surface area contributed by atoms with Gasteiger partial charge in [0, 0.05) is 17.7 Å². The van der Waals surface area contributed by atoms with Gasteiger partial charge in [0.1, 0.15) is 0 Å². The topological polar surface area (TPSA) is 66.4 Å². The zero-order valence-electron chi connectivity index (χ0n) is 11.0. The van der Waals surface area contributed by atoms with Crippen molar-refractivity contribution in [1.82, 2.24) is 5.32 Å². The lowest BCUT2D eigenvalue weighted by Gasteiger charge is -2.20. The molecular weight excluding hydrogens is 218 g/mol. The van der Waals surface area contributed by atoms with Crippen molar-refractivity contribution >= 4 is 11.9 Å². The summed E-state index contributed by atoms with van der Waals surface area (Å²) in [6, 6.07) is 0. The van der Waals surface area contributed by atoms with E-state index in [1.165, 1.54) is 6.92 Å². The van der Waals surface area contributed by atoms with Gasteiger partial charge in [-0.25, -0.2) is 4.79 Å². The average Bonchev–Trinajstić information content (AvgIpc) is 3.04. The van der Waals surface area contributed by atoms with Crippen LogP contribution in [0.2, 0.25) is 0 Å². The number of aliphatic carboxylic acids is 1. The average molecular weight is 239 g/mol. The van der Waals surface area contributed by atoms with E-state index in [2.05, 4.69) is 19.2 Å². The Labute approximate surface area is 102 Å². The molecule has 1 rings (SSSR count). The SMILES string of the molecule is CC(C(=O)O)=C(C)C(=O)NCC1(C(C)C)CC1. The van der Waals surface area contributed by atoms with E-state index in [0.717, 1.165) is 12.8 Å². The number of amides is 1. The van der Waals surface area contributed by atoms with Gasteiger partial charge >= 0.3 is 5.97 Å². The summed E-state index contributed by atoms with van der Waals surface area (Å²) in [4.78, 5) is 22.5. The van der Waals surface area contributed by atoms with Gasteiger partial charge in [0.05, 0.1) is 0 Å². The highest BCUT2D eigenvalue weighted by molar-refractivity contribution is 6.01. The molecule has 4 heteroatoms. The first kappa shape index (κ1) is 13.7. The van der Waals surface area contributed by atoms with Crippen LogP contribution in [-0.2, 0) is 9.59 Å².